The zero-order chi connectivity index (χ0) is 18.1. The van der Waals surface area contributed by atoms with Gasteiger partial charge in [0.15, 0.2) is 0 Å². The first kappa shape index (κ1) is 19.2. The fourth-order valence-corrected chi connectivity index (χ4v) is 3.21. The molecule has 0 aliphatic rings. The lowest BCUT2D eigenvalue weighted by Crippen LogP contribution is -2.01. The molecule has 0 amide bonds. The highest BCUT2D eigenvalue weighted by atomic mass is 16.4. The second-order valence-corrected chi connectivity index (χ2v) is 6.55. The van der Waals surface area contributed by atoms with Gasteiger partial charge in [0, 0.05) is 17.5 Å². The highest BCUT2D eigenvalue weighted by Crippen LogP contribution is 2.28. The number of carboxylic acids is 1. The van der Waals surface area contributed by atoms with Crippen molar-refractivity contribution in [3.63, 3.8) is 0 Å². The van der Waals surface area contributed by atoms with E-state index in [2.05, 4.69) is 31.2 Å². The van der Waals surface area contributed by atoms with Crippen LogP contribution in [0.2, 0.25) is 0 Å². The molecule has 0 atom stereocenters. The maximum absolute atomic E-state index is 10.8. The summed E-state index contributed by atoms with van der Waals surface area (Å²) in [6.45, 7) is 4.26. The van der Waals surface area contributed by atoms with Gasteiger partial charge in [0.1, 0.15) is 0 Å². The van der Waals surface area contributed by atoms with Gasteiger partial charge in [-0.05, 0) is 55.9 Å². The predicted octanol–water partition coefficient (Wildman–Crippen LogP) is 6.02. The molecule has 1 aromatic heterocycles. The van der Waals surface area contributed by atoms with Crippen LogP contribution in [0.4, 0.5) is 0 Å². The molecule has 0 spiro atoms. The smallest absolute Gasteiger partial charge is 0.303 e. The summed E-state index contributed by atoms with van der Waals surface area (Å²) in [7, 11) is 0. The lowest BCUT2D eigenvalue weighted by molar-refractivity contribution is -0.137. The third-order valence-corrected chi connectivity index (χ3v) is 4.60. The van der Waals surface area contributed by atoms with E-state index in [9.17, 15) is 4.79 Å². The van der Waals surface area contributed by atoms with Gasteiger partial charge in [-0.15, -0.1) is 0 Å². The highest BCUT2D eigenvalue weighted by molar-refractivity contribution is 5.83. The Morgan fingerprint density at radius 1 is 1.12 bits per heavy atom. The number of fused-ring (bicyclic) bond motifs is 1. The van der Waals surface area contributed by atoms with Gasteiger partial charge in [0.2, 0.25) is 0 Å². The Bertz CT molecular complexity index is 734. The summed E-state index contributed by atoms with van der Waals surface area (Å²) >= 11 is 0. The van der Waals surface area contributed by atoms with Crippen LogP contribution in [0.25, 0.3) is 16.5 Å². The van der Waals surface area contributed by atoms with Gasteiger partial charge >= 0.3 is 5.97 Å². The van der Waals surface area contributed by atoms with Crippen LogP contribution in [-0.4, -0.2) is 16.1 Å². The summed E-state index contributed by atoms with van der Waals surface area (Å²) in [4.78, 5) is 15.7. The van der Waals surface area contributed by atoms with Crippen molar-refractivity contribution in [3.05, 3.63) is 47.7 Å². The topological polar surface area (TPSA) is 50.2 Å². The minimum absolute atomic E-state index is 0.212. The molecule has 0 aliphatic heterocycles. The van der Waals surface area contributed by atoms with E-state index in [0.29, 0.717) is 6.42 Å². The molecule has 1 heterocycles. The van der Waals surface area contributed by atoms with Crippen molar-refractivity contribution in [2.24, 2.45) is 0 Å². The van der Waals surface area contributed by atoms with Crippen molar-refractivity contribution in [3.8, 4) is 0 Å². The van der Waals surface area contributed by atoms with Gasteiger partial charge in [-0.1, -0.05) is 50.5 Å². The molecule has 0 radical (unpaired) electrons. The third kappa shape index (κ3) is 5.70. The second kappa shape index (κ2) is 9.97. The summed E-state index contributed by atoms with van der Waals surface area (Å²) in [5.41, 5.74) is 4.60. The first-order valence-corrected chi connectivity index (χ1v) is 9.41. The molecule has 1 aromatic carbocycles. The van der Waals surface area contributed by atoms with Gasteiger partial charge in [-0.2, -0.15) is 0 Å². The van der Waals surface area contributed by atoms with Crippen molar-refractivity contribution in [1.82, 2.24) is 4.98 Å². The summed E-state index contributed by atoms with van der Waals surface area (Å²) in [6, 6.07) is 10.5. The number of carbonyl (C=O) groups is 1. The zero-order valence-corrected chi connectivity index (χ0v) is 15.4. The Labute approximate surface area is 150 Å². The molecule has 3 nitrogen and oxygen atoms in total. The molecule has 0 unspecified atom stereocenters. The van der Waals surface area contributed by atoms with Crippen LogP contribution < -0.4 is 0 Å². The average molecular weight is 339 g/mol. The summed E-state index contributed by atoms with van der Waals surface area (Å²) in [6.07, 6.45) is 9.63. The van der Waals surface area contributed by atoms with Crippen LogP contribution >= 0.6 is 0 Å². The molecular formula is C22H29NO2. The van der Waals surface area contributed by atoms with E-state index < -0.39 is 5.97 Å². The number of hydrogen-bond acceptors (Lipinski definition) is 2. The van der Waals surface area contributed by atoms with Crippen LogP contribution in [0.3, 0.4) is 0 Å². The Balaban J connectivity index is 2.27. The maximum Gasteiger partial charge on any atom is 0.303 e. The average Bonchev–Trinajstić information content (AvgIpc) is 2.61. The number of nitrogens with zero attached hydrogens (tertiary/aromatic N) is 1. The highest BCUT2D eigenvalue weighted by Gasteiger charge is 2.11. The van der Waals surface area contributed by atoms with Crippen molar-refractivity contribution < 1.29 is 9.90 Å². The van der Waals surface area contributed by atoms with Gasteiger partial charge in [-0.25, -0.2) is 0 Å². The van der Waals surface area contributed by atoms with E-state index in [-0.39, 0.29) is 6.42 Å². The third-order valence-electron chi connectivity index (χ3n) is 4.60. The molecule has 0 fully saturated rings. The Morgan fingerprint density at radius 3 is 2.64 bits per heavy atom. The molecule has 134 valence electrons. The number of aliphatic carboxylic acids is 1. The number of rotatable bonds is 10. The number of unbranched alkanes of at least 4 members (excludes halogenated alkanes) is 3. The van der Waals surface area contributed by atoms with E-state index >= 15 is 0 Å². The lowest BCUT2D eigenvalue weighted by atomic mass is 9.94. The monoisotopic (exact) mass is 339 g/mol. The number of carboxylic acid groups (broad SMARTS) is 1. The van der Waals surface area contributed by atoms with Crippen LogP contribution in [0, 0.1) is 0 Å². The van der Waals surface area contributed by atoms with Crippen LogP contribution in [-0.2, 0) is 11.2 Å². The number of para-hydroxylation sites is 1. The SMILES string of the molecule is C/C=C(\CCCC(=O)O)c1cc2ccccc2nc1CCCCCC. The molecule has 0 bridgehead atoms. The molecule has 2 aromatic rings. The summed E-state index contributed by atoms with van der Waals surface area (Å²) < 4.78 is 0. The van der Waals surface area contributed by atoms with Gasteiger partial charge in [0.25, 0.3) is 0 Å². The first-order chi connectivity index (χ1) is 12.2. The fourth-order valence-electron chi connectivity index (χ4n) is 3.21. The van der Waals surface area contributed by atoms with Gasteiger partial charge in [-0.3, -0.25) is 9.78 Å². The van der Waals surface area contributed by atoms with Crippen molar-refractivity contribution in [1.29, 1.82) is 0 Å². The van der Waals surface area contributed by atoms with E-state index in [1.807, 2.05) is 19.1 Å². The van der Waals surface area contributed by atoms with Crippen molar-refractivity contribution >= 4 is 22.4 Å². The minimum atomic E-state index is -0.730. The quantitative estimate of drug-likeness (QED) is 0.539. The Hall–Kier alpha value is -2.16. The molecule has 0 saturated carbocycles. The first-order valence-electron chi connectivity index (χ1n) is 9.41. The number of aryl methyl sites for hydroxylation is 1. The van der Waals surface area contributed by atoms with E-state index in [1.165, 1.54) is 30.4 Å². The van der Waals surface area contributed by atoms with E-state index in [4.69, 9.17) is 10.1 Å². The van der Waals surface area contributed by atoms with Crippen molar-refractivity contribution in [2.45, 2.75) is 65.2 Å². The zero-order valence-electron chi connectivity index (χ0n) is 15.4. The van der Waals surface area contributed by atoms with Crippen LogP contribution in [0.1, 0.15) is 70.1 Å². The maximum atomic E-state index is 10.8. The molecule has 3 heteroatoms. The molecule has 0 saturated heterocycles. The molecule has 2 rings (SSSR count). The standard InChI is InChI=1S/C22H29NO2/c1-3-5-6-7-14-21-19(17(4-2)12-10-15-22(24)25)16-18-11-8-9-13-20(18)23-21/h4,8-9,11,13,16H,3,5-7,10,12,14-15H2,1-2H3,(H,24,25)/b17-4+. The van der Waals surface area contributed by atoms with Gasteiger partial charge in [0.05, 0.1) is 5.52 Å². The number of pyridine rings is 1. The van der Waals surface area contributed by atoms with E-state index in [0.717, 1.165) is 35.9 Å². The second-order valence-electron chi connectivity index (χ2n) is 6.55. The van der Waals surface area contributed by atoms with Gasteiger partial charge < -0.3 is 5.11 Å². The molecule has 25 heavy (non-hydrogen) atoms. The minimum Gasteiger partial charge on any atom is -0.481 e. The molecule has 1 N–H and O–H groups in total. The largest absolute Gasteiger partial charge is 0.481 e. The number of hydrogen-bond donors (Lipinski definition) is 1. The fraction of sp³-hybridized carbons (Fsp3) is 0.455. The Morgan fingerprint density at radius 2 is 1.92 bits per heavy atom. The lowest BCUT2D eigenvalue weighted by Gasteiger charge is -2.14. The predicted molar refractivity (Wildman–Crippen MR) is 105 cm³/mol. The number of benzene rings is 1. The summed E-state index contributed by atoms with van der Waals surface area (Å²) in [5.74, 6) is -0.730. The molecular weight excluding hydrogens is 310 g/mol. The van der Waals surface area contributed by atoms with Crippen molar-refractivity contribution in [2.75, 3.05) is 0 Å². The number of aromatic nitrogens is 1. The van der Waals surface area contributed by atoms with Crippen LogP contribution in [0.15, 0.2) is 36.4 Å². The normalized spacial score (nSPS) is 11.8. The Kier molecular flexibility index (Phi) is 7.65. The number of allylic oxidation sites excluding steroid dienone is 2. The van der Waals surface area contributed by atoms with E-state index in [1.54, 1.807) is 0 Å². The van der Waals surface area contributed by atoms with Crippen LogP contribution in [0.5, 0.6) is 0 Å². The molecule has 0 aliphatic carbocycles. The summed E-state index contributed by atoms with van der Waals surface area (Å²) in [5, 5.41) is 10.0.